The van der Waals surface area contributed by atoms with Gasteiger partial charge in [-0.25, -0.2) is 9.97 Å². The van der Waals surface area contributed by atoms with E-state index in [1.54, 1.807) is 0 Å². The molecule has 0 spiro atoms. The van der Waals surface area contributed by atoms with Gasteiger partial charge in [0.15, 0.2) is 0 Å². The summed E-state index contributed by atoms with van der Waals surface area (Å²) in [6.45, 7) is 8.56. The lowest BCUT2D eigenvalue weighted by atomic mass is 10.3. The lowest BCUT2D eigenvalue weighted by Crippen LogP contribution is -2.24. The molecule has 5 nitrogen and oxygen atoms in total. The highest BCUT2D eigenvalue weighted by atomic mass is 15.2. The second-order valence-corrected chi connectivity index (χ2v) is 4.52. The number of aryl methyl sites for hydroxylation is 1. The number of rotatable bonds is 6. The van der Waals surface area contributed by atoms with Gasteiger partial charge in [-0.05, 0) is 32.9 Å². The molecule has 0 unspecified atom stereocenters. The monoisotopic (exact) mass is 271 g/mol. The zero-order chi connectivity index (χ0) is 14.4. The summed E-state index contributed by atoms with van der Waals surface area (Å²) in [5, 5.41) is 3.24. The van der Waals surface area contributed by atoms with Crippen LogP contribution in [-0.2, 0) is 6.54 Å². The van der Waals surface area contributed by atoms with Crippen LogP contribution in [0, 0.1) is 6.92 Å². The highest BCUT2D eigenvalue weighted by Gasteiger charge is 2.10. The maximum Gasteiger partial charge on any atom is 0.134 e. The van der Waals surface area contributed by atoms with Crippen LogP contribution in [0.5, 0.6) is 0 Å². The lowest BCUT2D eigenvalue weighted by molar-refractivity contribution is 0.786. The van der Waals surface area contributed by atoms with Gasteiger partial charge in [0.25, 0.3) is 0 Å². The van der Waals surface area contributed by atoms with Gasteiger partial charge in [0.2, 0.25) is 0 Å². The Hall–Kier alpha value is -2.17. The second kappa shape index (κ2) is 6.84. The standard InChI is InChI=1S/C15H21N5/c1-4-16-14-10-15(19-12(3)18-14)20(5-2)11-13-8-6-7-9-17-13/h6-10H,4-5,11H2,1-3H3,(H,16,18,19). The number of aromatic nitrogens is 3. The van der Waals surface area contributed by atoms with Gasteiger partial charge in [-0.1, -0.05) is 6.07 Å². The molecular weight excluding hydrogens is 250 g/mol. The summed E-state index contributed by atoms with van der Waals surface area (Å²) >= 11 is 0. The molecular formula is C15H21N5. The Balaban J connectivity index is 2.22. The average molecular weight is 271 g/mol. The molecule has 0 amide bonds. The van der Waals surface area contributed by atoms with E-state index in [0.29, 0.717) is 0 Å². The summed E-state index contributed by atoms with van der Waals surface area (Å²) in [6, 6.07) is 7.95. The fraction of sp³-hybridized carbons (Fsp3) is 0.400. The third-order valence-corrected chi connectivity index (χ3v) is 2.97. The van der Waals surface area contributed by atoms with Crippen molar-refractivity contribution in [3.05, 3.63) is 42.0 Å². The largest absolute Gasteiger partial charge is 0.370 e. The Kier molecular flexibility index (Phi) is 4.87. The molecule has 0 radical (unpaired) electrons. The lowest BCUT2D eigenvalue weighted by Gasteiger charge is -2.22. The van der Waals surface area contributed by atoms with Gasteiger partial charge in [-0.2, -0.15) is 0 Å². The van der Waals surface area contributed by atoms with Crippen molar-refractivity contribution in [3.63, 3.8) is 0 Å². The molecule has 20 heavy (non-hydrogen) atoms. The molecule has 0 saturated heterocycles. The van der Waals surface area contributed by atoms with Crippen molar-refractivity contribution >= 4 is 11.6 Å². The Morgan fingerprint density at radius 1 is 1.20 bits per heavy atom. The molecule has 2 aromatic rings. The molecule has 5 heteroatoms. The summed E-state index contributed by atoms with van der Waals surface area (Å²) in [4.78, 5) is 15.5. The normalized spacial score (nSPS) is 10.3. The number of anilines is 2. The molecule has 0 atom stereocenters. The van der Waals surface area contributed by atoms with Crippen molar-refractivity contribution in [1.29, 1.82) is 0 Å². The number of nitrogens with one attached hydrogen (secondary N) is 1. The van der Waals surface area contributed by atoms with Crippen molar-refractivity contribution in [1.82, 2.24) is 15.0 Å². The summed E-state index contributed by atoms with van der Waals surface area (Å²) < 4.78 is 0. The summed E-state index contributed by atoms with van der Waals surface area (Å²) in [5.41, 5.74) is 1.04. The van der Waals surface area contributed by atoms with Crippen LogP contribution in [0.1, 0.15) is 25.4 Å². The van der Waals surface area contributed by atoms with Crippen LogP contribution in [0.15, 0.2) is 30.5 Å². The first kappa shape index (κ1) is 14.2. The summed E-state index contributed by atoms with van der Waals surface area (Å²) in [5.74, 6) is 2.58. The van der Waals surface area contributed by atoms with E-state index in [9.17, 15) is 0 Å². The van der Waals surface area contributed by atoms with Crippen LogP contribution in [0.3, 0.4) is 0 Å². The highest BCUT2D eigenvalue weighted by molar-refractivity contribution is 5.49. The summed E-state index contributed by atoms with van der Waals surface area (Å²) in [6.07, 6.45) is 1.82. The van der Waals surface area contributed by atoms with Crippen LogP contribution in [0.25, 0.3) is 0 Å². The van der Waals surface area contributed by atoms with Gasteiger partial charge in [-0.15, -0.1) is 0 Å². The van der Waals surface area contributed by atoms with Crippen molar-refractivity contribution < 1.29 is 0 Å². The van der Waals surface area contributed by atoms with Crippen LogP contribution < -0.4 is 10.2 Å². The van der Waals surface area contributed by atoms with Gasteiger partial charge < -0.3 is 10.2 Å². The zero-order valence-corrected chi connectivity index (χ0v) is 12.3. The number of hydrogen-bond acceptors (Lipinski definition) is 5. The molecule has 1 N–H and O–H groups in total. The molecule has 0 aromatic carbocycles. The third-order valence-electron chi connectivity index (χ3n) is 2.97. The minimum Gasteiger partial charge on any atom is -0.370 e. The minimum absolute atomic E-state index is 0.749. The quantitative estimate of drug-likeness (QED) is 0.875. The van der Waals surface area contributed by atoms with E-state index in [1.165, 1.54) is 0 Å². The highest BCUT2D eigenvalue weighted by Crippen LogP contribution is 2.17. The predicted molar refractivity (Wildman–Crippen MR) is 81.9 cm³/mol. The van der Waals surface area contributed by atoms with Crippen molar-refractivity contribution in [3.8, 4) is 0 Å². The molecule has 0 aliphatic heterocycles. The molecule has 0 aliphatic rings. The van der Waals surface area contributed by atoms with E-state index < -0.39 is 0 Å². The van der Waals surface area contributed by atoms with Gasteiger partial charge in [0.05, 0.1) is 12.2 Å². The molecule has 0 bridgehead atoms. The van der Waals surface area contributed by atoms with Gasteiger partial charge in [-0.3, -0.25) is 4.98 Å². The maximum absolute atomic E-state index is 4.53. The fourth-order valence-corrected chi connectivity index (χ4v) is 2.03. The number of pyridine rings is 1. The Morgan fingerprint density at radius 2 is 2.05 bits per heavy atom. The Bertz CT molecular complexity index is 541. The molecule has 0 aliphatic carbocycles. The smallest absolute Gasteiger partial charge is 0.134 e. The van der Waals surface area contributed by atoms with Crippen molar-refractivity contribution in [2.24, 2.45) is 0 Å². The van der Waals surface area contributed by atoms with Gasteiger partial charge >= 0.3 is 0 Å². The molecule has 0 fully saturated rings. The Labute approximate surface area is 120 Å². The van der Waals surface area contributed by atoms with E-state index in [0.717, 1.165) is 42.8 Å². The molecule has 2 rings (SSSR count). The molecule has 2 aromatic heterocycles. The van der Waals surface area contributed by atoms with E-state index in [2.05, 4.69) is 39.0 Å². The first-order valence-corrected chi connectivity index (χ1v) is 6.97. The van der Waals surface area contributed by atoms with Crippen LogP contribution in [-0.4, -0.2) is 28.0 Å². The van der Waals surface area contributed by atoms with E-state index in [-0.39, 0.29) is 0 Å². The van der Waals surface area contributed by atoms with Crippen LogP contribution in [0.4, 0.5) is 11.6 Å². The summed E-state index contributed by atoms with van der Waals surface area (Å²) in [7, 11) is 0. The van der Waals surface area contributed by atoms with Crippen LogP contribution in [0.2, 0.25) is 0 Å². The van der Waals surface area contributed by atoms with Crippen molar-refractivity contribution in [2.45, 2.75) is 27.3 Å². The fourth-order valence-electron chi connectivity index (χ4n) is 2.03. The predicted octanol–water partition coefficient (Wildman–Crippen LogP) is 2.64. The Morgan fingerprint density at radius 3 is 2.70 bits per heavy atom. The second-order valence-electron chi connectivity index (χ2n) is 4.52. The SMILES string of the molecule is CCNc1cc(N(CC)Cc2ccccn2)nc(C)n1. The topological polar surface area (TPSA) is 53.9 Å². The van der Waals surface area contributed by atoms with Crippen LogP contribution >= 0.6 is 0 Å². The molecule has 106 valence electrons. The average Bonchev–Trinajstić information content (AvgIpc) is 2.45. The number of hydrogen-bond donors (Lipinski definition) is 1. The minimum atomic E-state index is 0.749. The molecule has 2 heterocycles. The van der Waals surface area contributed by atoms with E-state index in [1.807, 2.05) is 37.4 Å². The van der Waals surface area contributed by atoms with Gasteiger partial charge in [0.1, 0.15) is 17.5 Å². The first-order chi connectivity index (χ1) is 9.72. The van der Waals surface area contributed by atoms with E-state index >= 15 is 0 Å². The maximum atomic E-state index is 4.53. The van der Waals surface area contributed by atoms with E-state index in [4.69, 9.17) is 0 Å². The first-order valence-electron chi connectivity index (χ1n) is 6.97. The van der Waals surface area contributed by atoms with Gasteiger partial charge in [0, 0.05) is 25.4 Å². The number of nitrogens with zero attached hydrogens (tertiary/aromatic N) is 4. The van der Waals surface area contributed by atoms with Crippen molar-refractivity contribution in [2.75, 3.05) is 23.3 Å². The molecule has 0 saturated carbocycles. The zero-order valence-electron chi connectivity index (χ0n) is 12.3. The third kappa shape index (κ3) is 3.66.